The summed E-state index contributed by atoms with van der Waals surface area (Å²) in [6, 6.07) is 3.20. The van der Waals surface area contributed by atoms with Crippen molar-refractivity contribution in [2.45, 2.75) is 12.8 Å². The van der Waals surface area contributed by atoms with Crippen molar-refractivity contribution in [3.8, 4) is 0 Å². The second-order valence-electron chi connectivity index (χ2n) is 3.00. The van der Waals surface area contributed by atoms with Crippen LogP contribution in [0.5, 0.6) is 0 Å². The number of amides is 1. The molecule has 1 amide bonds. The summed E-state index contributed by atoms with van der Waals surface area (Å²) in [4.78, 5) is 11.3. The van der Waals surface area contributed by atoms with Gasteiger partial charge in [0.25, 0.3) is 0 Å². The molecule has 0 aliphatic heterocycles. The standard InChI is InChI=1S/C9H13ClN4O/c1-11-6-2-3-9(15)12-8-5-4-7(10)13-14-8/h4-5,11H,2-3,6H2,1H3,(H,12,14,15). The molecule has 1 rings (SSSR count). The molecule has 0 atom stereocenters. The van der Waals surface area contributed by atoms with Gasteiger partial charge in [0.1, 0.15) is 0 Å². The number of hydrogen-bond acceptors (Lipinski definition) is 4. The van der Waals surface area contributed by atoms with Crippen molar-refractivity contribution >= 4 is 23.3 Å². The van der Waals surface area contributed by atoms with E-state index >= 15 is 0 Å². The zero-order valence-corrected chi connectivity index (χ0v) is 9.21. The van der Waals surface area contributed by atoms with Crippen LogP contribution >= 0.6 is 11.6 Å². The maximum absolute atomic E-state index is 11.3. The molecule has 0 saturated carbocycles. The van der Waals surface area contributed by atoms with Crippen LogP contribution in [-0.4, -0.2) is 29.7 Å². The van der Waals surface area contributed by atoms with Gasteiger partial charge >= 0.3 is 0 Å². The molecular formula is C9H13ClN4O. The maximum Gasteiger partial charge on any atom is 0.225 e. The number of aromatic nitrogens is 2. The molecule has 0 aliphatic carbocycles. The minimum absolute atomic E-state index is 0.0677. The van der Waals surface area contributed by atoms with Crippen molar-refractivity contribution in [1.29, 1.82) is 0 Å². The first kappa shape index (κ1) is 11.9. The molecule has 1 aromatic rings. The highest BCUT2D eigenvalue weighted by molar-refractivity contribution is 6.29. The number of nitrogens with one attached hydrogen (secondary N) is 2. The Morgan fingerprint density at radius 2 is 2.27 bits per heavy atom. The molecule has 0 fully saturated rings. The Morgan fingerprint density at radius 1 is 1.47 bits per heavy atom. The highest BCUT2D eigenvalue weighted by Crippen LogP contribution is 2.06. The number of nitrogens with zero attached hydrogens (tertiary/aromatic N) is 2. The van der Waals surface area contributed by atoms with Crippen LogP contribution < -0.4 is 10.6 Å². The topological polar surface area (TPSA) is 66.9 Å². The molecule has 0 saturated heterocycles. The summed E-state index contributed by atoms with van der Waals surface area (Å²) < 4.78 is 0. The van der Waals surface area contributed by atoms with Crippen molar-refractivity contribution < 1.29 is 4.79 Å². The second kappa shape index (κ2) is 6.31. The largest absolute Gasteiger partial charge is 0.320 e. The molecule has 6 heteroatoms. The predicted octanol–water partition coefficient (Wildman–Crippen LogP) is 1.07. The van der Waals surface area contributed by atoms with Gasteiger partial charge in [0, 0.05) is 6.42 Å². The van der Waals surface area contributed by atoms with E-state index in [0.29, 0.717) is 17.4 Å². The van der Waals surface area contributed by atoms with Crippen LogP contribution in [0.1, 0.15) is 12.8 Å². The summed E-state index contributed by atoms with van der Waals surface area (Å²) >= 11 is 5.56. The number of hydrogen-bond donors (Lipinski definition) is 2. The van der Waals surface area contributed by atoms with Gasteiger partial charge in [-0.25, -0.2) is 0 Å². The van der Waals surface area contributed by atoms with Crippen molar-refractivity contribution in [3.63, 3.8) is 0 Å². The molecule has 2 N–H and O–H groups in total. The third-order valence-electron chi connectivity index (χ3n) is 1.73. The molecule has 82 valence electrons. The second-order valence-corrected chi connectivity index (χ2v) is 3.38. The molecule has 0 spiro atoms. The van der Waals surface area contributed by atoms with Gasteiger partial charge in [0.2, 0.25) is 5.91 Å². The van der Waals surface area contributed by atoms with E-state index in [0.717, 1.165) is 13.0 Å². The van der Waals surface area contributed by atoms with Crippen molar-refractivity contribution in [1.82, 2.24) is 15.5 Å². The van der Waals surface area contributed by atoms with Crippen LogP contribution in [0.3, 0.4) is 0 Å². The molecule has 0 radical (unpaired) electrons. The van der Waals surface area contributed by atoms with Crippen LogP contribution in [0.15, 0.2) is 12.1 Å². The molecule has 0 aliphatic rings. The zero-order valence-electron chi connectivity index (χ0n) is 8.46. The fraction of sp³-hybridized carbons (Fsp3) is 0.444. The first-order valence-corrected chi connectivity index (χ1v) is 5.04. The number of carbonyl (C=O) groups is 1. The lowest BCUT2D eigenvalue weighted by molar-refractivity contribution is -0.116. The number of rotatable bonds is 5. The Morgan fingerprint density at radius 3 is 2.87 bits per heavy atom. The SMILES string of the molecule is CNCCCC(=O)Nc1ccc(Cl)nn1. The monoisotopic (exact) mass is 228 g/mol. The molecule has 0 bridgehead atoms. The van der Waals surface area contributed by atoms with E-state index in [4.69, 9.17) is 11.6 Å². The zero-order chi connectivity index (χ0) is 11.1. The molecule has 1 aromatic heterocycles. The van der Waals surface area contributed by atoms with Gasteiger partial charge in [0.05, 0.1) is 0 Å². The van der Waals surface area contributed by atoms with E-state index in [2.05, 4.69) is 20.8 Å². The Hall–Kier alpha value is -1.20. The van der Waals surface area contributed by atoms with Gasteiger partial charge < -0.3 is 10.6 Å². The summed E-state index contributed by atoms with van der Waals surface area (Å²) in [5, 5.41) is 13.2. The van der Waals surface area contributed by atoms with Crippen LogP contribution in [0, 0.1) is 0 Å². The molecule has 0 aromatic carbocycles. The summed E-state index contributed by atoms with van der Waals surface area (Å²) in [5.74, 6) is 0.357. The van der Waals surface area contributed by atoms with E-state index in [-0.39, 0.29) is 5.91 Å². The average Bonchev–Trinajstić information content (AvgIpc) is 2.22. The number of carbonyl (C=O) groups excluding carboxylic acids is 1. The Labute approximate surface area is 93.2 Å². The third kappa shape index (κ3) is 4.71. The van der Waals surface area contributed by atoms with Gasteiger partial charge in [-0.2, -0.15) is 0 Å². The van der Waals surface area contributed by atoms with Gasteiger partial charge in [-0.05, 0) is 32.1 Å². The smallest absolute Gasteiger partial charge is 0.225 e. The van der Waals surface area contributed by atoms with Crippen LogP contribution in [0.4, 0.5) is 5.82 Å². The van der Waals surface area contributed by atoms with Gasteiger partial charge in [0.15, 0.2) is 11.0 Å². The minimum atomic E-state index is -0.0677. The Balaban J connectivity index is 2.34. The fourth-order valence-corrected chi connectivity index (χ4v) is 1.11. The van der Waals surface area contributed by atoms with Crippen molar-refractivity contribution in [2.75, 3.05) is 18.9 Å². The summed E-state index contributed by atoms with van der Waals surface area (Å²) in [6.45, 7) is 0.819. The highest BCUT2D eigenvalue weighted by atomic mass is 35.5. The first-order valence-electron chi connectivity index (χ1n) is 4.66. The van der Waals surface area contributed by atoms with Crippen molar-refractivity contribution in [3.05, 3.63) is 17.3 Å². The van der Waals surface area contributed by atoms with E-state index in [1.54, 1.807) is 12.1 Å². The van der Waals surface area contributed by atoms with E-state index < -0.39 is 0 Å². The quantitative estimate of drug-likeness (QED) is 0.740. The summed E-state index contributed by atoms with van der Waals surface area (Å²) in [6.07, 6.45) is 1.26. The predicted molar refractivity (Wildman–Crippen MR) is 58.8 cm³/mol. The minimum Gasteiger partial charge on any atom is -0.320 e. The van der Waals surface area contributed by atoms with Crippen molar-refractivity contribution in [2.24, 2.45) is 0 Å². The number of halogens is 1. The van der Waals surface area contributed by atoms with E-state index in [1.807, 2.05) is 7.05 Å². The lowest BCUT2D eigenvalue weighted by Crippen LogP contribution is -2.16. The fourth-order valence-electron chi connectivity index (χ4n) is 1.01. The molecule has 0 unspecified atom stereocenters. The normalized spacial score (nSPS) is 10.0. The van der Waals surface area contributed by atoms with Crippen LogP contribution in [0.2, 0.25) is 5.15 Å². The highest BCUT2D eigenvalue weighted by Gasteiger charge is 2.02. The van der Waals surface area contributed by atoms with Gasteiger partial charge in [-0.1, -0.05) is 11.6 Å². The van der Waals surface area contributed by atoms with E-state index in [1.165, 1.54) is 0 Å². The van der Waals surface area contributed by atoms with E-state index in [9.17, 15) is 4.79 Å². The maximum atomic E-state index is 11.3. The lowest BCUT2D eigenvalue weighted by atomic mass is 10.3. The molecule has 5 nitrogen and oxygen atoms in total. The lowest BCUT2D eigenvalue weighted by Gasteiger charge is -2.02. The molecular weight excluding hydrogens is 216 g/mol. The molecule has 1 heterocycles. The van der Waals surface area contributed by atoms with Gasteiger partial charge in [-0.3, -0.25) is 4.79 Å². The van der Waals surface area contributed by atoms with Gasteiger partial charge in [-0.15, -0.1) is 10.2 Å². The third-order valence-corrected chi connectivity index (χ3v) is 1.93. The average molecular weight is 229 g/mol. The summed E-state index contributed by atoms with van der Waals surface area (Å²) in [5.41, 5.74) is 0. The van der Waals surface area contributed by atoms with Crippen LogP contribution in [0.25, 0.3) is 0 Å². The van der Waals surface area contributed by atoms with Crippen LogP contribution in [-0.2, 0) is 4.79 Å². The first-order chi connectivity index (χ1) is 7.22. The summed E-state index contributed by atoms with van der Waals surface area (Å²) in [7, 11) is 1.85. The number of anilines is 1. The Bertz CT molecular complexity index is 314. The Kier molecular flexibility index (Phi) is 5.00. The molecule has 15 heavy (non-hydrogen) atoms.